The van der Waals surface area contributed by atoms with Gasteiger partial charge >= 0.3 is 0 Å². The Hall–Kier alpha value is -1.00. The number of hydrogen-bond acceptors (Lipinski definition) is 2. The molecule has 1 aromatic rings. The van der Waals surface area contributed by atoms with Gasteiger partial charge in [0.2, 0.25) is 0 Å². The summed E-state index contributed by atoms with van der Waals surface area (Å²) < 4.78 is 31.5. The molecule has 2 nitrogen and oxygen atoms in total. The Labute approximate surface area is 93.9 Å². The summed E-state index contributed by atoms with van der Waals surface area (Å²) in [7, 11) is 0. The number of rotatable bonds is 3. The van der Waals surface area contributed by atoms with E-state index >= 15 is 0 Å². The maximum absolute atomic E-state index is 13.3. The van der Waals surface area contributed by atoms with Crippen LogP contribution in [0.25, 0.3) is 0 Å². The molecule has 90 valence electrons. The predicted molar refractivity (Wildman–Crippen MR) is 57.0 cm³/mol. The molecule has 1 atom stereocenters. The monoisotopic (exact) mass is 230 g/mol. The van der Waals surface area contributed by atoms with E-state index < -0.39 is 23.3 Å². The molecule has 4 heteroatoms. The third-order valence-electron chi connectivity index (χ3n) is 2.01. The van der Waals surface area contributed by atoms with E-state index in [1.807, 2.05) is 20.8 Å². The normalized spacial score (nSPS) is 13.9. The van der Waals surface area contributed by atoms with Crippen molar-refractivity contribution in [3.05, 3.63) is 35.4 Å². The summed E-state index contributed by atoms with van der Waals surface area (Å²) in [5, 5.41) is 9.66. The SMILES string of the molecule is CC(C)(C)OCC(O)c1cccc(F)c1F. The zero-order valence-corrected chi connectivity index (χ0v) is 9.63. The fourth-order valence-electron chi connectivity index (χ4n) is 1.20. The highest BCUT2D eigenvalue weighted by molar-refractivity contribution is 5.21. The van der Waals surface area contributed by atoms with Crippen molar-refractivity contribution in [3.63, 3.8) is 0 Å². The van der Waals surface area contributed by atoms with Gasteiger partial charge in [0.05, 0.1) is 12.2 Å². The topological polar surface area (TPSA) is 29.5 Å². The first-order valence-electron chi connectivity index (χ1n) is 5.07. The molecule has 0 bridgehead atoms. The molecule has 0 spiro atoms. The van der Waals surface area contributed by atoms with Gasteiger partial charge in [-0.15, -0.1) is 0 Å². The third kappa shape index (κ3) is 3.54. The van der Waals surface area contributed by atoms with Crippen molar-refractivity contribution in [2.75, 3.05) is 6.61 Å². The van der Waals surface area contributed by atoms with Gasteiger partial charge < -0.3 is 9.84 Å². The molecule has 1 aromatic carbocycles. The molecule has 0 aromatic heterocycles. The van der Waals surface area contributed by atoms with Gasteiger partial charge in [0.15, 0.2) is 11.6 Å². The maximum Gasteiger partial charge on any atom is 0.164 e. The summed E-state index contributed by atoms with van der Waals surface area (Å²) in [6, 6.07) is 3.71. The van der Waals surface area contributed by atoms with Gasteiger partial charge in [-0.3, -0.25) is 0 Å². The van der Waals surface area contributed by atoms with E-state index in [4.69, 9.17) is 4.74 Å². The number of hydrogen-bond donors (Lipinski definition) is 1. The Kier molecular flexibility index (Phi) is 3.99. The summed E-state index contributed by atoms with van der Waals surface area (Å²) in [5.41, 5.74) is -0.505. The second-order valence-electron chi connectivity index (χ2n) is 4.58. The number of aliphatic hydroxyl groups is 1. The second-order valence-corrected chi connectivity index (χ2v) is 4.58. The molecule has 1 unspecified atom stereocenters. The van der Waals surface area contributed by atoms with Crippen molar-refractivity contribution in [1.82, 2.24) is 0 Å². The van der Waals surface area contributed by atoms with Crippen LogP contribution in [0.5, 0.6) is 0 Å². The molecule has 0 radical (unpaired) electrons. The van der Waals surface area contributed by atoms with E-state index in [1.54, 1.807) is 0 Å². The van der Waals surface area contributed by atoms with Gasteiger partial charge in [-0.05, 0) is 26.8 Å². The fraction of sp³-hybridized carbons (Fsp3) is 0.500. The van der Waals surface area contributed by atoms with Crippen molar-refractivity contribution >= 4 is 0 Å². The lowest BCUT2D eigenvalue weighted by atomic mass is 10.1. The Morgan fingerprint density at radius 2 is 1.94 bits per heavy atom. The molecule has 0 aliphatic heterocycles. The Morgan fingerprint density at radius 1 is 1.31 bits per heavy atom. The molecular formula is C12H16F2O2. The minimum atomic E-state index is -1.16. The van der Waals surface area contributed by atoms with E-state index in [1.165, 1.54) is 12.1 Å². The van der Waals surface area contributed by atoms with Crippen molar-refractivity contribution < 1.29 is 18.6 Å². The molecule has 0 aliphatic rings. The number of ether oxygens (including phenoxy) is 1. The lowest BCUT2D eigenvalue weighted by molar-refractivity contribution is -0.0505. The van der Waals surface area contributed by atoms with Crippen LogP contribution in [-0.4, -0.2) is 17.3 Å². The van der Waals surface area contributed by atoms with E-state index in [-0.39, 0.29) is 12.2 Å². The fourth-order valence-corrected chi connectivity index (χ4v) is 1.20. The summed E-state index contributed by atoms with van der Waals surface area (Å²) in [5.74, 6) is -1.99. The van der Waals surface area contributed by atoms with Crippen molar-refractivity contribution in [3.8, 4) is 0 Å². The molecule has 0 amide bonds. The summed E-state index contributed by atoms with van der Waals surface area (Å²) in [6.45, 7) is 5.40. The van der Waals surface area contributed by atoms with Crippen LogP contribution < -0.4 is 0 Å². The molecule has 16 heavy (non-hydrogen) atoms. The van der Waals surface area contributed by atoms with Crippen LogP contribution in [0.3, 0.4) is 0 Å². The highest BCUT2D eigenvalue weighted by Crippen LogP contribution is 2.21. The van der Waals surface area contributed by atoms with Gasteiger partial charge in [-0.1, -0.05) is 12.1 Å². The summed E-state index contributed by atoms with van der Waals surface area (Å²) >= 11 is 0. The molecule has 0 heterocycles. The molecule has 1 rings (SSSR count). The summed E-state index contributed by atoms with van der Waals surface area (Å²) in [6.07, 6.45) is -1.16. The molecule has 0 saturated carbocycles. The van der Waals surface area contributed by atoms with Crippen molar-refractivity contribution in [2.24, 2.45) is 0 Å². The highest BCUT2D eigenvalue weighted by atomic mass is 19.2. The number of aliphatic hydroxyl groups excluding tert-OH is 1. The first kappa shape index (κ1) is 13.1. The Bertz CT molecular complexity index is 359. The van der Waals surface area contributed by atoms with Crippen LogP contribution in [0, 0.1) is 11.6 Å². The van der Waals surface area contributed by atoms with E-state index in [2.05, 4.69) is 0 Å². The quantitative estimate of drug-likeness (QED) is 0.865. The highest BCUT2D eigenvalue weighted by Gasteiger charge is 2.19. The maximum atomic E-state index is 13.3. The average Bonchev–Trinajstić information content (AvgIpc) is 2.17. The predicted octanol–water partition coefficient (Wildman–Crippen LogP) is 2.81. The van der Waals surface area contributed by atoms with Gasteiger partial charge in [-0.25, -0.2) is 8.78 Å². The van der Waals surface area contributed by atoms with Crippen LogP contribution in [0.2, 0.25) is 0 Å². The van der Waals surface area contributed by atoms with Crippen LogP contribution in [0.15, 0.2) is 18.2 Å². The number of benzene rings is 1. The largest absolute Gasteiger partial charge is 0.386 e. The Balaban J connectivity index is 2.73. The van der Waals surface area contributed by atoms with Gasteiger partial charge in [0.1, 0.15) is 6.10 Å². The lowest BCUT2D eigenvalue weighted by Crippen LogP contribution is -2.23. The van der Waals surface area contributed by atoms with Gasteiger partial charge in [-0.2, -0.15) is 0 Å². The molecular weight excluding hydrogens is 214 g/mol. The third-order valence-corrected chi connectivity index (χ3v) is 2.01. The summed E-state index contributed by atoms with van der Waals surface area (Å²) in [4.78, 5) is 0. The zero-order valence-electron chi connectivity index (χ0n) is 9.63. The van der Waals surface area contributed by atoms with E-state index in [0.717, 1.165) is 6.07 Å². The van der Waals surface area contributed by atoms with Gasteiger partial charge in [0.25, 0.3) is 0 Å². The first-order chi connectivity index (χ1) is 7.31. The standard InChI is InChI=1S/C12H16F2O2/c1-12(2,3)16-7-10(15)8-5-4-6-9(13)11(8)14/h4-6,10,15H,7H2,1-3H3. The van der Waals surface area contributed by atoms with Crippen molar-refractivity contribution in [1.29, 1.82) is 0 Å². The van der Waals surface area contributed by atoms with Crippen LogP contribution >= 0.6 is 0 Å². The van der Waals surface area contributed by atoms with Gasteiger partial charge in [0, 0.05) is 5.56 Å². The van der Waals surface area contributed by atoms with Crippen LogP contribution in [0.4, 0.5) is 8.78 Å². The van der Waals surface area contributed by atoms with Crippen LogP contribution in [0.1, 0.15) is 32.4 Å². The zero-order chi connectivity index (χ0) is 12.3. The minimum Gasteiger partial charge on any atom is -0.386 e. The Morgan fingerprint density at radius 3 is 2.50 bits per heavy atom. The van der Waals surface area contributed by atoms with E-state index in [0.29, 0.717) is 0 Å². The minimum absolute atomic E-state index is 0.0656. The van der Waals surface area contributed by atoms with Crippen molar-refractivity contribution in [2.45, 2.75) is 32.5 Å². The molecule has 0 aliphatic carbocycles. The average molecular weight is 230 g/mol. The lowest BCUT2D eigenvalue weighted by Gasteiger charge is -2.22. The number of halogens is 2. The first-order valence-corrected chi connectivity index (χ1v) is 5.07. The molecule has 1 N–H and O–H groups in total. The van der Waals surface area contributed by atoms with E-state index in [9.17, 15) is 13.9 Å². The molecule has 0 saturated heterocycles. The van der Waals surface area contributed by atoms with Crippen LogP contribution in [-0.2, 0) is 4.74 Å². The second kappa shape index (κ2) is 4.89. The molecule has 0 fully saturated rings. The smallest absolute Gasteiger partial charge is 0.164 e.